The first-order valence-corrected chi connectivity index (χ1v) is 7.07. The van der Waals surface area contributed by atoms with Gasteiger partial charge in [0.15, 0.2) is 15.2 Å². The molecule has 0 unspecified atom stereocenters. The highest BCUT2D eigenvalue weighted by molar-refractivity contribution is 9.10. The number of halogens is 1. The van der Waals surface area contributed by atoms with Gasteiger partial charge in [-0.25, -0.2) is 0 Å². The van der Waals surface area contributed by atoms with E-state index in [9.17, 15) is 9.59 Å². The number of hydrogen-bond acceptors (Lipinski definition) is 4. The van der Waals surface area contributed by atoms with Crippen molar-refractivity contribution in [1.82, 2.24) is 9.66 Å². The van der Waals surface area contributed by atoms with E-state index >= 15 is 0 Å². The van der Waals surface area contributed by atoms with Crippen LogP contribution in [-0.2, 0) is 0 Å². The molecule has 0 fully saturated rings. The number of aromatic amines is 1. The molecule has 2 aromatic heterocycles. The van der Waals surface area contributed by atoms with Crippen LogP contribution >= 0.6 is 28.1 Å². The van der Waals surface area contributed by atoms with Crippen LogP contribution in [0.15, 0.2) is 50.3 Å². The lowest BCUT2D eigenvalue weighted by molar-refractivity contribution is 0.0979. The maximum absolute atomic E-state index is 12.3. The molecular formula is C13H8BrN3O3S. The Kier molecular flexibility index (Phi) is 3.48. The van der Waals surface area contributed by atoms with E-state index in [0.717, 1.165) is 4.68 Å². The maximum Gasteiger partial charge on any atom is 0.305 e. The van der Waals surface area contributed by atoms with Crippen molar-refractivity contribution in [1.29, 1.82) is 0 Å². The summed E-state index contributed by atoms with van der Waals surface area (Å²) in [4.78, 5) is 27.2. The van der Waals surface area contributed by atoms with Gasteiger partial charge in [-0.15, -0.1) is 0 Å². The van der Waals surface area contributed by atoms with Crippen molar-refractivity contribution >= 4 is 45.0 Å². The first kappa shape index (κ1) is 13.8. The fourth-order valence-electron chi connectivity index (χ4n) is 1.86. The normalized spacial score (nSPS) is 10.7. The highest BCUT2D eigenvalue weighted by atomic mass is 79.9. The Morgan fingerprint density at radius 2 is 2.05 bits per heavy atom. The van der Waals surface area contributed by atoms with Crippen LogP contribution < -0.4 is 11.0 Å². The van der Waals surface area contributed by atoms with Crippen LogP contribution in [0.3, 0.4) is 0 Å². The smallest absolute Gasteiger partial charge is 0.305 e. The van der Waals surface area contributed by atoms with Gasteiger partial charge >= 0.3 is 5.91 Å². The fraction of sp³-hybridized carbons (Fsp3) is 0. The van der Waals surface area contributed by atoms with Gasteiger partial charge in [0.1, 0.15) is 0 Å². The van der Waals surface area contributed by atoms with Crippen LogP contribution in [0.25, 0.3) is 10.9 Å². The maximum atomic E-state index is 12.3. The monoisotopic (exact) mass is 365 g/mol. The zero-order valence-corrected chi connectivity index (χ0v) is 12.8. The minimum Gasteiger partial charge on any atom is -0.444 e. The molecular weight excluding hydrogens is 358 g/mol. The molecule has 2 N–H and O–H groups in total. The zero-order chi connectivity index (χ0) is 15.0. The van der Waals surface area contributed by atoms with E-state index in [2.05, 4.69) is 26.3 Å². The molecule has 0 spiro atoms. The van der Waals surface area contributed by atoms with Crippen LogP contribution in [0.2, 0.25) is 0 Å². The van der Waals surface area contributed by atoms with Crippen molar-refractivity contribution in [3.05, 3.63) is 62.0 Å². The molecule has 3 rings (SSSR count). The Labute approximate surface area is 131 Å². The van der Waals surface area contributed by atoms with E-state index in [0.29, 0.717) is 15.6 Å². The molecule has 106 valence electrons. The summed E-state index contributed by atoms with van der Waals surface area (Å²) in [6.07, 6.45) is 0. The zero-order valence-electron chi connectivity index (χ0n) is 10.4. The fourth-order valence-corrected chi connectivity index (χ4v) is 2.40. The molecule has 0 radical (unpaired) electrons. The number of carbonyl (C=O) groups is 1. The lowest BCUT2D eigenvalue weighted by Crippen LogP contribution is -2.34. The standard InChI is InChI=1S/C13H8BrN3O3S/c14-10-6-5-9(20-10)11(18)16-17-12(19)7-3-1-2-4-8(7)15-13(17)21/h1-6H,(H,15,21)(H,16,18). The van der Waals surface area contributed by atoms with Crippen LogP contribution in [0.1, 0.15) is 10.6 Å². The Balaban J connectivity index is 2.07. The number of fused-ring (bicyclic) bond motifs is 1. The number of furan rings is 1. The first-order chi connectivity index (χ1) is 10.1. The van der Waals surface area contributed by atoms with Crippen LogP contribution in [0.4, 0.5) is 0 Å². The second-order valence-corrected chi connectivity index (χ2v) is 5.33. The van der Waals surface area contributed by atoms with Gasteiger partial charge in [0.2, 0.25) is 0 Å². The van der Waals surface area contributed by atoms with Gasteiger partial charge in [-0.05, 0) is 52.4 Å². The number of para-hydroxylation sites is 1. The van der Waals surface area contributed by atoms with E-state index in [4.69, 9.17) is 16.6 Å². The van der Waals surface area contributed by atoms with E-state index in [1.54, 1.807) is 30.3 Å². The predicted molar refractivity (Wildman–Crippen MR) is 83.5 cm³/mol. The van der Waals surface area contributed by atoms with E-state index in [-0.39, 0.29) is 10.5 Å². The van der Waals surface area contributed by atoms with Crippen molar-refractivity contribution in [2.24, 2.45) is 0 Å². The third-order valence-corrected chi connectivity index (χ3v) is 3.53. The highest BCUT2D eigenvalue weighted by Crippen LogP contribution is 2.14. The summed E-state index contributed by atoms with van der Waals surface area (Å²) >= 11 is 8.20. The molecule has 21 heavy (non-hydrogen) atoms. The molecule has 8 heteroatoms. The van der Waals surface area contributed by atoms with Gasteiger partial charge < -0.3 is 9.40 Å². The number of amides is 1. The number of nitrogens with zero attached hydrogens (tertiary/aromatic N) is 1. The largest absolute Gasteiger partial charge is 0.444 e. The second kappa shape index (κ2) is 5.30. The SMILES string of the molecule is O=C(Nn1c(=S)[nH]c2ccccc2c1=O)c1ccc(Br)o1. The molecule has 0 aliphatic heterocycles. The Morgan fingerprint density at radius 3 is 2.76 bits per heavy atom. The van der Waals surface area contributed by atoms with Crippen LogP contribution in [0.5, 0.6) is 0 Å². The molecule has 0 atom stereocenters. The van der Waals surface area contributed by atoms with Gasteiger partial charge in [0.05, 0.1) is 10.9 Å². The second-order valence-electron chi connectivity index (χ2n) is 4.16. The minimum absolute atomic E-state index is 0.0660. The first-order valence-electron chi connectivity index (χ1n) is 5.87. The molecule has 0 aliphatic rings. The number of nitrogens with one attached hydrogen (secondary N) is 2. The lowest BCUT2D eigenvalue weighted by Gasteiger charge is -2.08. The molecule has 0 saturated heterocycles. The Morgan fingerprint density at radius 1 is 1.29 bits per heavy atom. The van der Waals surface area contributed by atoms with E-state index in [1.165, 1.54) is 6.07 Å². The predicted octanol–water partition coefficient (Wildman–Crippen LogP) is 2.80. The van der Waals surface area contributed by atoms with Crippen LogP contribution in [-0.4, -0.2) is 15.6 Å². The number of benzene rings is 1. The van der Waals surface area contributed by atoms with E-state index in [1.807, 2.05) is 0 Å². The van der Waals surface area contributed by atoms with Crippen LogP contribution in [0, 0.1) is 4.77 Å². The third kappa shape index (κ3) is 2.55. The average Bonchev–Trinajstić information content (AvgIpc) is 2.90. The molecule has 6 nitrogen and oxygen atoms in total. The number of aromatic nitrogens is 2. The number of carbonyl (C=O) groups excluding carboxylic acids is 1. The van der Waals surface area contributed by atoms with Gasteiger partial charge in [-0.2, -0.15) is 4.68 Å². The minimum atomic E-state index is -0.572. The number of hydrogen-bond donors (Lipinski definition) is 2. The molecule has 3 aromatic rings. The Bertz CT molecular complexity index is 957. The van der Waals surface area contributed by atoms with Crippen molar-refractivity contribution < 1.29 is 9.21 Å². The average molecular weight is 366 g/mol. The molecule has 0 aliphatic carbocycles. The topological polar surface area (TPSA) is 80.0 Å². The summed E-state index contributed by atoms with van der Waals surface area (Å²) in [6, 6.07) is 9.97. The summed E-state index contributed by atoms with van der Waals surface area (Å²) < 4.78 is 6.63. The lowest BCUT2D eigenvalue weighted by atomic mass is 10.2. The third-order valence-electron chi connectivity index (χ3n) is 2.82. The molecule has 0 bridgehead atoms. The quantitative estimate of drug-likeness (QED) is 0.684. The molecule has 0 saturated carbocycles. The molecule has 1 aromatic carbocycles. The van der Waals surface area contributed by atoms with Crippen molar-refractivity contribution in [2.45, 2.75) is 0 Å². The summed E-state index contributed by atoms with van der Waals surface area (Å²) in [5.74, 6) is -0.506. The summed E-state index contributed by atoms with van der Waals surface area (Å²) in [5, 5.41) is 0.423. The summed E-state index contributed by atoms with van der Waals surface area (Å²) in [5.41, 5.74) is 2.62. The van der Waals surface area contributed by atoms with Gasteiger partial charge in [-0.3, -0.25) is 15.0 Å². The van der Waals surface area contributed by atoms with E-state index < -0.39 is 11.5 Å². The van der Waals surface area contributed by atoms with Crippen molar-refractivity contribution in [2.75, 3.05) is 5.43 Å². The number of rotatable bonds is 2. The number of H-pyrrole nitrogens is 1. The van der Waals surface area contributed by atoms with Gasteiger partial charge in [0, 0.05) is 0 Å². The van der Waals surface area contributed by atoms with Crippen molar-refractivity contribution in [3.63, 3.8) is 0 Å². The van der Waals surface area contributed by atoms with Gasteiger partial charge in [-0.1, -0.05) is 12.1 Å². The molecule has 2 heterocycles. The molecule has 1 amide bonds. The summed E-state index contributed by atoms with van der Waals surface area (Å²) in [7, 11) is 0. The Hall–Kier alpha value is -2.19. The van der Waals surface area contributed by atoms with Crippen molar-refractivity contribution in [3.8, 4) is 0 Å². The highest BCUT2D eigenvalue weighted by Gasteiger charge is 2.13. The summed E-state index contributed by atoms with van der Waals surface area (Å²) in [6.45, 7) is 0. The van der Waals surface area contributed by atoms with Gasteiger partial charge in [0.25, 0.3) is 5.56 Å².